The van der Waals surface area contributed by atoms with E-state index in [1.54, 1.807) is 10.8 Å². The van der Waals surface area contributed by atoms with Crippen LogP contribution in [-0.2, 0) is 6.54 Å². The molecule has 0 unspecified atom stereocenters. The minimum atomic E-state index is 0.376. The Bertz CT molecular complexity index is 836. The molecule has 0 N–H and O–H groups in total. The molecule has 1 atom stereocenters. The second-order valence-electron chi connectivity index (χ2n) is 6.41. The van der Waals surface area contributed by atoms with Crippen LogP contribution in [0.2, 0.25) is 0 Å². The van der Waals surface area contributed by atoms with E-state index in [1.165, 1.54) is 5.56 Å². The molecule has 0 aliphatic carbocycles. The van der Waals surface area contributed by atoms with Crippen molar-refractivity contribution in [1.29, 1.82) is 0 Å². The standard InChI is InChI=1S/C16H21N7O/c1-11-8-21(9-14-12(2)20-24-13(14)3)6-7-22(11)16-5-4-15-18-17-10-23(15)19-16/h4-5,10-11H,6-9H2,1-3H3/t11-/m1/s1. The largest absolute Gasteiger partial charge is 0.361 e. The molecule has 3 aromatic heterocycles. The summed E-state index contributed by atoms with van der Waals surface area (Å²) in [6.45, 7) is 10.00. The van der Waals surface area contributed by atoms with E-state index in [1.807, 2.05) is 26.0 Å². The Morgan fingerprint density at radius 1 is 1.25 bits per heavy atom. The van der Waals surface area contributed by atoms with Crippen molar-refractivity contribution in [1.82, 2.24) is 29.9 Å². The fourth-order valence-corrected chi connectivity index (χ4v) is 3.34. The quantitative estimate of drug-likeness (QED) is 0.720. The fourth-order valence-electron chi connectivity index (χ4n) is 3.34. The Balaban J connectivity index is 1.48. The average Bonchev–Trinajstić information content (AvgIpc) is 3.16. The van der Waals surface area contributed by atoms with Crippen LogP contribution in [0.15, 0.2) is 23.0 Å². The molecule has 8 heteroatoms. The predicted molar refractivity (Wildman–Crippen MR) is 88.8 cm³/mol. The summed E-state index contributed by atoms with van der Waals surface area (Å²) in [5.41, 5.74) is 2.96. The second-order valence-corrected chi connectivity index (χ2v) is 6.41. The van der Waals surface area contributed by atoms with E-state index in [2.05, 4.69) is 37.2 Å². The Kier molecular flexibility index (Phi) is 3.68. The highest BCUT2D eigenvalue weighted by Crippen LogP contribution is 2.21. The van der Waals surface area contributed by atoms with E-state index in [9.17, 15) is 0 Å². The van der Waals surface area contributed by atoms with Crippen molar-refractivity contribution in [2.45, 2.75) is 33.4 Å². The van der Waals surface area contributed by atoms with Crippen molar-refractivity contribution in [2.24, 2.45) is 0 Å². The van der Waals surface area contributed by atoms with Crippen molar-refractivity contribution in [3.63, 3.8) is 0 Å². The first-order chi connectivity index (χ1) is 11.6. The van der Waals surface area contributed by atoms with Gasteiger partial charge in [0.15, 0.2) is 5.65 Å². The van der Waals surface area contributed by atoms with Gasteiger partial charge in [0, 0.05) is 37.8 Å². The molecule has 3 aromatic rings. The summed E-state index contributed by atoms with van der Waals surface area (Å²) in [5.74, 6) is 1.88. The predicted octanol–water partition coefficient (Wildman–Crippen LogP) is 1.44. The molecule has 0 bridgehead atoms. The lowest BCUT2D eigenvalue weighted by Gasteiger charge is -2.40. The highest BCUT2D eigenvalue weighted by molar-refractivity contribution is 5.46. The van der Waals surface area contributed by atoms with Crippen LogP contribution >= 0.6 is 0 Å². The van der Waals surface area contributed by atoms with Crippen LogP contribution in [0.5, 0.6) is 0 Å². The van der Waals surface area contributed by atoms with Crippen molar-refractivity contribution < 1.29 is 4.52 Å². The maximum atomic E-state index is 5.28. The van der Waals surface area contributed by atoms with E-state index in [-0.39, 0.29) is 0 Å². The molecule has 0 aromatic carbocycles. The molecule has 1 aliphatic rings. The molecule has 0 spiro atoms. The van der Waals surface area contributed by atoms with Gasteiger partial charge in [0.25, 0.3) is 0 Å². The van der Waals surface area contributed by atoms with Gasteiger partial charge in [-0.3, -0.25) is 4.90 Å². The van der Waals surface area contributed by atoms with E-state index >= 15 is 0 Å². The Morgan fingerprint density at radius 3 is 2.88 bits per heavy atom. The lowest BCUT2D eigenvalue weighted by Crippen LogP contribution is -2.52. The number of nitrogens with zero attached hydrogens (tertiary/aromatic N) is 7. The number of aromatic nitrogens is 5. The van der Waals surface area contributed by atoms with E-state index in [0.29, 0.717) is 6.04 Å². The van der Waals surface area contributed by atoms with Gasteiger partial charge in [-0.25, -0.2) is 0 Å². The number of fused-ring (bicyclic) bond motifs is 1. The summed E-state index contributed by atoms with van der Waals surface area (Å²) in [7, 11) is 0. The Labute approximate surface area is 140 Å². The molecular weight excluding hydrogens is 306 g/mol. The zero-order valence-electron chi connectivity index (χ0n) is 14.2. The minimum Gasteiger partial charge on any atom is -0.361 e. The Hall–Kier alpha value is -2.48. The third-order valence-corrected chi connectivity index (χ3v) is 4.72. The number of anilines is 1. The SMILES string of the molecule is Cc1noc(C)c1CN1CCN(c2ccc3nncn3n2)[C@H](C)C1. The third kappa shape index (κ3) is 2.62. The van der Waals surface area contributed by atoms with Crippen molar-refractivity contribution in [2.75, 3.05) is 24.5 Å². The molecular formula is C16H21N7O. The van der Waals surface area contributed by atoms with Crippen LogP contribution in [0.4, 0.5) is 5.82 Å². The fraction of sp³-hybridized carbons (Fsp3) is 0.500. The van der Waals surface area contributed by atoms with E-state index < -0.39 is 0 Å². The van der Waals surface area contributed by atoms with Gasteiger partial charge in [-0.05, 0) is 32.9 Å². The lowest BCUT2D eigenvalue weighted by atomic mass is 10.1. The summed E-state index contributed by atoms with van der Waals surface area (Å²) in [4.78, 5) is 4.79. The number of hydrogen-bond donors (Lipinski definition) is 0. The van der Waals surface area contributed by atoms with Gasteiger partial charge in [-0.2, -0.15) is 4.52 Å². The van der Waals surface area contributed by atoms with Gasteiger partial charge in [0.2, 0.25) is 0 Å². The normalized spacial score (nSPS) is 19.3. The third-order valence-electron chi connectivity index (χ3n) is 4.72. The number of aryl methyl sites for hydroxylation is 2. The van der Waals surface area contributed by atoms with E-state index in [0.717, 1.165) is 49.1 Å². The zero-order valence-corrected chi connectivity index (χ0v) is 14.2. The molecule has 0 amide bonds. The first kappa shape index (κ1) is 15.1. The zero-order chi connectivity index (χ0) is 16.7. The smallest absolute Gasteiger partial charge is 0.177 e. The van der Waals surface area contributed by atoms with Crippen molar-refractivity contribution in [3.05, 3.63) is 35.5 Å². The van der Waals surface area contributed by atoms with Gasteiger partial charge in [0.05, 0.1) is 5.69 Å². The van der Waals surface area contributed by atoms with Gasteiger partial charge >= 0.3 is 0 Å². The molecule has 126 valence electrons. The van der Waals surface area contributed by atoms with Crippen LogP contribution in [0.25, 0.3) is 5.65 Å². The summed E-state index contributed by atoms with van der Waals surface area (Å²) < 4.78 is 7.00. The first-order valence-electron chi connectivity index (χ1n) is 8.19. The van der Waals surface area contributed by atoms with Crippen molar-refractivity contribution in [3.8, 4) is 0 Å². The first-order valence-corrected chi connectivity index (χ1v) is 8.19. The van der Waals surface area contributed by atoms with Gasteiger partial charge < -0.3 is 9.42 Å². The molecule has 24 heavy (non-hydrogen) atoms. The molecule has 1 saturated heterocycles. The molecule has 1 aliphatic heterocycles. The van der Waals surface area contributed by atoms with E-state index in [4.69, 9.17) is 4.52 Å². The van der Waals surface area contributed by atoms with Crippen LogP contribution in [0.1, 0.15) is 23.9 Å². The molecule has 1 fully saturated rings. The van der Waals surface area contributed by atoms with Crippen LogP contribution < -0.4 is 4.90 Å². The second kappa shape index (κ2) is 5.86. The highest BCUT2D eigenvalue weighted by atomic mass is 16.5. The summed E-state index contributed by atoms with van der Waals surface area (Å²) in [6, 6.07) is 4.35. The van der Waals surface area contributed by atoms with Gasteiger partial charge in [-0.15, -0.1) is 15.3 Å². The number of hydrogen-bond acceptors (Lipinski definition) is 7. The summed E-state index contributed by atoms with van der Waals surface area (Å²) in [6.07, 6.45) is 1.64. The van der Waals surface area contributed by atoms with Gasteiger partial charge in [0.1, 0.15) is 17.9 Å². The molecule has 4 rings (SSSR count). The molecule has 8 nitrogen and oxygen atoms in total. The minimum absolute atomic E-state index is 0.376. The summed E-state index contributed by atoms with van der Waals surface area (Å²) in [5, 5.41) is 16.6. The number of piperazine rings is 1. The maximum Gasteiger partial charge on any atom is 0.177 e. The summed E-state index contributed by atoms with van der Waals surface area (Å²) >= 11 is 0. The number of rotatable bonds is 3. The van der Waals surface area contributed by atoms with Crippen LogP contribution in [-0.4, -0.2) is 55.5 Å². The van der Waals surface area contributed by atoms with Crippen molar-refractivity contribution >= 4 is 11.5 Å². The monoisotopic (exact) mass is 327 g/mol. The maximum absolute atomic E-state index is 5.28. The topological polar surface area (TPSA) is 75.6 Å². The van der Waals surface area contributed by atoms with Gasteiger partial charge in [-0.1, -0.05) is 5.16 Å². The van der Waals surface area contributed by atoms with Crippen LogP contribution in [0.3, 0.4) is 0 Å². The average molecular weight is 327 g/mol. The highest BCUT2D eigenvalue weighted by Gasteiger charge is 2.26. The molecule has 4 heterocycles. The van der Waals surface area contributed by atoms with Crippen LogP contribution in [0, 0.1) is 13.8 Å². The molecule has 0 radical (unpaired) electrons. The Morgan fingerprint density at radius 2 is 2.12 bits per heavy atom. The lowest BCUT2D eigenvalue weighted by molar-refractivity contribution is 0.218. The molecule has 0 saturated carbocycles.